The Labute approximate surface area is 120 Å². The highest BCUT2D eigenvalue weighted by atomic mass is 16.3. The van der Waals surface area contributed by atoms with Gasteiger partial charge in [-0.05, 0) is 37.9 Å². The number of hydrogen-bond acceptors (Lipinski definition) is 3. The molecule has 2 aliphatic rings. The zero-order valence-electron chi connectivity index (χ0n) is 11.9. The number of rotatable bonds is 2. The maximum Gasteiger partial charge on any atom is 0.199 e. The maximum absolute atomic E-state index is 5.95. The van der Waals surface area contributed by atoms with E-state index in [1.165, 1.54) is 45.1 Å². The predicted octanol–water partition coefficient (Wildman–Crippen LogP) is 3.95. The molecule has 0 amide bonds. The smallest absolute Gasteiger partial charge is 0.199 e. The van der Waals surface area contributed by atoms with Gasteiger partial charge in [-0.1, -0.05) is 31.4 Å². The Kier molecular flexibility index (Phi) is 3.23. The summed E-state index contributed by atoms with van der Waals surface area (Å²) in [5, 5.41) is 0. The van der Waals surface area contributed by atoms with Crippen molar-refractivity contribution < 1.29 is 4.42 Å². The Bertz CT molecular complexity index is 552. The molecule has 3 heteroatoms. The van der Waals surface area contributed by atoms with Gasteiger partial charge in [0, 0.05) is 18.5 Å². The number of fused-ring (bicyclic) bond motifs is 1. The monoisotopic (exact) mass is 270 g/mol. The van der Waals surface area contributed by atoms with Crippen molar-refractivity contribution in [3.63, 3.8) is 0 Å². The van der Waals surface area contributed by atoms with Gasteiger partial charge in [-0.15, -0.1) is 0 Å². The number of likely N-dealkylation sites (tertiary alicyclic amines) is 1. The summed E-state index contributed by atoms with van der Waals surface area (Å²) in [4.78, 5) is 7.36. The highest BCUT2D eigenvalue weighted by Gasteiger charge is 2.32. The minimum absolute atomic E-state index is 0.490. The lowest BCUT2D eigenvalue weighted by atomic mass is 9.94. The molecule has 4 rings (SSSR count). The lowest BCUT2D eigenvalue weighted by Crippen LogP contribution is -2.34. The summed E-state index contributed by atoms with van der Waals surface area (Å²) in [5.41, 5.74) is 1.93. The van der Waals surface area contributed by atoms with Gasteiger partial charge in [0.1, 0.15) is 5.52 Å². The molecule has 0 N–H and O–H groups in total. The van der Waals surface area contributed by atoms with Gasteiger partial charge in [0.05, 0.1) is 0 Å². The van der Waals surface area contributed by atoms with E-state index in [0.717, 1.165) is 29.6 Å². The van der Waals surface area contributed by atoms with E-state index in [1.54, 1.807) is 0 Å². The van der Waals surface area contributed by atoms with Crippen LogP contribution in [0, 0.1) is 0 Å². The first-order chi connectivity index (χ1) is 9.90. The molecular formula is C17H22N2O. The normalized spacial score (nSPS) is 25.5. The van der Waals surface area contributed by atoms with E-state index >= 15 is 0 Å². The molecule has 0 bridgehead atoms. The van der Waals surface area contributed by atoms with Crippen LogP contribution in [0.5, 0.6) is 0 Å². The molecule has 1 saturated heterocycles. The van der Waals surface area contributed by atoms with Crippen molar-refractivity contribution in [3.05, 3.63) is 30.2 Å². The zero-order chi connectivity index (χ0) is 13.4. The number of oxazole rings is 1. The SMILES string of the molecule is c1ccc2oc([C@H]3CCN(C4CCCCC4)C3)nc2c1. The van der Waals surface area contributed by atoms with Gasteiger partial charge < -0.3 is 4.42 Å². The molecular weight excluding hydrogens is 248 g/mol. The standard InChI is InChI=1S/C17H22N2O/c1-2-6-14(7-3-1)19-11-10-13(12-19)17-18-15-8-4-5-9-16(15)20-17/h4-5,8-9,13-14H,1-3,6-7,10-12H2/t13-/m0/s1. The second-order valence-corrected chi connectivity index (χ2v) is 6.29. The first-order valence-corrected chi connectivity index (χ1v) is 8.00. The third-order valence-corrected chi connectivity index (χ3v) is 4.97. The molecule has 1 atom stereocenters. The van der Waals surface area contributed by atoms with Gasteiger partial charge in [0.25, 0.3) is 0 Å². The molecule has 0 radical (unpaired) electrons. The zero-order valence-corrected chi connectivity index (χ0v) is 11.9. The lowest BCUT2D eigenvalue weighted by molar-refractivity contribution is 0.188. The molecule has 106 valence electrons. The number of para-hydroxylation sites is 2. The van der Waals surface area contributed by atoms with Crippen molar-refractivity contribution in [2.75, 3.05) is 13.1 Å². The van der Waals surface area contributed by atoms with Gasteiger partial charge in [0.15, 0.2) is 11.5 Å². The summed E-state index contributed by atoms with van der Waals surface area (Å²) >= 11 is 0. The molecule has 1 aliphatic carbocycles. The molecule has 1 aromatic carbocycles. The third kappa shape index (κ3) is 2.24. The van der Waals surface area contributed by atoms with E-state index in [0.29, 0.717) is 5.92 Å². The van der Waals surface area contributed by atoms with Crippen LogP contribution < -0.4 is 0 Å². The quantitative estimate of drug-likeness (QED) is 0.827. The Morgan fingerprint density at radius 3 is 2.75 bits per heavy atom. The summed E-state index contributed by atoms with van der Waals surface area (Å²) in [6, 6.07) is 8.91. The van der Waals surface area contributed by atoms with E-state index < -0.39 is 0 Å². The molecule has 2 heterocycles. The molecule has 20 heavy (non-hydrogen) atoms. The van der Waals surface area contributed by atoms with Crippen LogP contribution in [0.1, 0.15) is 50.3 Å². The van der Waals surface area contributed by atoms with Gasteiger partial charge in [-0.3, -0.25) is 4.90 Å². The maximum atomic E-state index is 5.95. The van der Waals surface area contributed by atoms with Crippen molar-refractivity contribution in [1.29, 1.82) is 0 Å². The summed E-state index contributed by atoms with van der Waals surface area (Å²) in [6.07, 6.45) is 8.23. The first kappa shape index (κ1) is 12.4. The van der Waals surface area contributed by atoms with E-state index in [9.17, 15) is 0 Å². The van der Waals surface area contributed by atoms with Crippen molar-refractivity contribution in [3.8, 4) is 0 Å². The van der Waals surface area contributed by atoms with E-state index in [2.05, 4.69) is 9.88 Å². The summed E-state index contributed by atoms with van der Waals surface area (Å²) < 4.78 is 5.95. The van der Waals surface area contributed by atoms with Crippen LogP contribution in [-0.4, -0.2) is 29.0 Å². The highest BCUT2D eigenvalue weighted by molar-refractivity contribution is 5.72. The Morgan fingerprint density at radius 2 is 1.90 bits per heavy atom. The van der Waals surface area contributed by atoms with Crippen LogP contribution >= 0.6 is 0 Å². The molecule has 2 aromatic rings. The largest absolute Gasteiger partial charge is 0.440 e. The Hall–Kier alpha value is -1.35. The lowest BCUT2D eigenvalue weighted by Gasteiger charge is -2.30. The van der Waals surface area contributed by atoms with Crippen molar-refractivity contribution in [2.45, 2.75) is 50.5 Å². The van der Waals surface area contributed by atoms with Gasteiger partial charge >= 0.3 is 0 Å². The van der Waals surface area contributed by atoms with Gasteiger partial charge in [-0.2, -0.15) is 0 Å². The molecule has 1 aliphatic heterocycles. The van der Waals surface area contributed by atoms with Crippen molar-refractivity contribution in [2.24, 2.45) is 0 Å². The van der Waals surface area contributed by atoms with Gasteiger partial charge in [-0.25, -0.2) is 4.98 Å². The third-order valence-electron chi connectivity index (χ3n) is 4.97. The van der Waals surface area contributed by atoms with Gasteiger partial charge in [0.2, 0.25) is 0 Å². The van der Waals surface area contributed by atoms with Crippen LogP contribution in [0.3, 0.4) is 0 Å². The van der Waals surface area contributed by atoms with Crippen LogP contribution in [-0.2, 0) is 0 Å². The Morgan fingerprint density at radius 1 is 1.05 bits per heavy atom. The van der Waals surface area contributed by atoms with E-state index in [-0.39, 0.29) is 0 Å². The van der Waals surface area contributed by atoms with Crippen molar-refractivity contribution in [1.82, 2.24) is 9.88 Å². The van der Waals surface area contributed by atoms with Crippen LogP contribution in [0.15, 0.2) is 28.7 Å². The Balaban J connectivity index is 1.49. The summed E-state index contributed by atoms with van der Waals surface area (Å²) in [6.45, 7) is 2.35. The first-order valence-electron chi connectivity index (χ1n) is 8.00. The fraction of sp³-hybridized carbons (Fsp3) is 0.588. The number of nitrogens with zero attached hydrogens (tertiary/aromatic N) is 2. The minimum atomic E-state index is 0.490. The fourth-order valence-electron chi connectivity index (χ4n) is 3.83. The van der Waals surface area contributed by atoms with E-state index in [1.807, 2.05) is 24.3 Å². The fourth-order valence-corrected chi connectivity index (χ4v) is 3.83. The molecule has 1 aromatic heterocycles. The van der Waals surface area contributed by atoms with Crippen LogP contribution in [0.25, 0.3) is 11.1 Å². The molecule has 0 unspecified atom stereocenters. The van der Waals surface area contributed by atoms with Crippen LogP contribution in [0.4, 0.5) is 0 Å². The number of benzene rings is 1. The highest BCUT2D eigenvalue weighted by Crippen LogP contribution is 2.33. The van der Waals surface area contributed by atoms with Crippen molar-refractivity contribution >= 4 is 11.1 Å². The molecule has 2 fully saturated rings. The molecule has 3 nitrogen and oxygen atoms in total. The average Bonchev–Trinajstić information content (AvgIpc) is 3.14. The van der Waals surface area contributed by atoms with E-state index in [4.69, 9.17) is 4.42 Å². The molecule has 1 saturated carbocycles. The number of hydrogen-bond donors (Lipinski definition) is 0. The van der Waals surface area contributed by atoms with Crippen LogP contribution in [0.2, 0.25) is 0 Å². The second kappa shape index (κ2) is 5.21. The number of aromatic nitrogens is 1. The molecule has 0 spiro atoms. The minimum Gasteiger partial charge on any atom is -0.440 e. The second-order valence-electron chi connectivity index (χ2n) is 6.29. The topological polar surface area (TPSA) is 29.3 Å². The summed E-state index contributed by atoms with van der Waals surface area (Å²) in [7, 11) is 0. The predicted molar refractivity (Wildman–Crippen MR) is 79.8 cm³/mol. The average molecular weight is 270 g/mol. The summed E-state index contributed by atoms with van der Waals surface area (Å²) in [5.74, 6) is 1.44.